The number of benzene rings is 1. The van der Waals surface area contributed by atoms with E-state index >= 15 is 0 Å². The van der Waals surface area contributed by atoms with Crippen molar-refractivity contribution in [2.45, 2.75) is 19.5 Å². The van der Waals surface area contributed by atoms with E-state index in [9.17, 15) is 4.79 Å². The quantitative estimate of drug-likeness (QED) is 0.602. The first kappa shape index (κ1) is 16.0. The predicted molar refractivity (Wildman–Crippen MR) is 97.6 cm³/mol. The lowest BCUT2D eigenvalue weighted by atomic mass is 10.2. The van der Waals surface area contributed by atoms with Crippen molar-refractivity contribution in [2.24, 2.45) is 0 Å². The van der Waals surface area contributed by atoms with Crippen LogP contribution in [0.15, 0.2) is 67.5 Å². The first-order valence-corrected chi connectivity index (χ1v) is 8.36. The van der Waals surface area contributed by atoms with Gasteiger partial charge in [0.2, 0.25) is 0 Å². The minimum Gasteiger partial charge on any atom is -0.348 e. The number of nitrogens with zero attached hydrogens (tertiary/aromatic N) is 5. The van der Waals surface area contributed by atoms with E-state index < -0.39 is 0 Å². The van der Waals surface area contributed by atoms with E-state index in [1.807, 2.05) is 53.9 Å². The maximum atomic E-state index is 12.5. The maximum Gasteiger partial charge on any atom is 0.253 e. The van der Waals surface area contributed by atoms with E-state index in [0.29, 0.717) is 12.1 Å². The molecular weight excluding hydrogens is 328 g/mol. The van der Waals surface area contributed by atoms with Crippen molar-refractivity contribution in [2.75, 3.05) is 0 Å². The Balaban J connectivity index is 1.52. The number of rotatable bonds is 5. The summed E-state index contributed by atoms with van der Waals surface area (Å²) < 4.78 is 3.56. The average Bonchev–Trinajstić information content (AvgIpc) is 3.31. The van der Waals surface area contributed by atoms with Gasteiger partial charge in [0.05, 0.1) is 17.8 Å². The van der Waals surface area contributed by atoms with Crippen LogP contribution in [0.1, 0.15) is 17.3 Å². The first-order chi connectivity index (χ1) is 12.7. The van der Waals surface area contributed by atoms with Gasteiger partial charge in [-0.15, -0.1) is 0 Å². The van der Waals surface area contributed by atoms with Crippen LogP contribution in [0.25, 0.3) is 16.9 Å². The van der Waals surface area contributed by atoms with Crippen LogP contribution in [0, 0.1) is 0 Å². The van der Waals surface area contributed by atoms with Gasteiger partial charge in [-0.3, -0.25) is 9.48 Å². The molecule has 7 heteroatoms. The van der Waals surface area contributed by atoms with E-state index in [1.165, 1.54) is 6.33 Å². The maximum absolute atomic E-state index is 12.5. The van der Waals surface area contributed by atoms with Crippen molar-refractivity contribution in [1.82, 2.24) is 29.5 Å². The van der Waals surface area contributed by atoms with Crippen LogP contribution in [-0.2, 0) is 6.54 Å². The number of amides is 1. The number of aromatic nitrogens is 5. The Morgan fingerprint density at radius 1 is 1.15 bits per heavy atom. The summed E-state index contributed by atoms with van der Waals surface area (Å²) in [5.74, 6) is -0.130. The zero-order valence-corrected chi connectivity index (χ0v) is 14.3. The number of imidazole rings is 1. The normalized spacial score (nSPS) is 12.2. The Kier molecular flexibility index (Phi) is 4.18. The van der Waals surface area contributed by atoms with Gasteiger partial charge in [0, 0.05) is 24.0 Å². The molecule has 1 amide bonds. The van der Waals surface area contributed by atoms with Crippen LogP contribution in [-0.4, -0.2) is 36.1 Å². The minimum absolute atomic E-state index is 0.0671. The molecule has 7 nitrogen and oxygen atoms in total. The summed E-state index contributed by atoms with van der Waals surface area (Å²) in [5.41, 5.74) is 3.31. The van der Waals surface area contributed by atoms with Crippen LogP contribution in [0.5, 0.6) is 0 Å². The number of hydrogen-bond donors (Lipinski definition) is 1. The molecule has 1 N–H and O–H groups in total. The summed E-state index contributed by atoms with van der Waals surface area (Å²) >= 11 is 0. The molecule has 0 unspecified atom stereocenters. The molecular formula is C19H18N6O. The van der Waals surface area contributed by atoms with Crippen molar-refractivity contribution in [1.29, 1.82) is 0 Å². The zero-order valence-electron chi connectivity index (χ0n) is 14.3. The largest absolute Gasteiger partial charge is 0.348 e. The molecule has 0 saturated carbocycles. The van der Waals surface area contributed by atoms with Crippen LogP contribution < -0.4 is 5.32 Å². The molecule has 4 rings (SSSR count). The molecule has 3 heterocycles. The highest BCUT2D eigenvalue weighted by Crippen LogP contribution is 2.19. The third kappa shape index (κ3) is 3.32. The lowest BCUT2D eigenvalue weighted by molar-refractivity contribution is 0.0935. The standard InChI is InChI=1S/C19H18N6O/c1-14(9-25-13-20-12-21-25)22-19(26)16-7-8-18-23-17(11-24(18)10-16)15-5-3-2-4-6-15/h2-8,10-14H,9H2,1H3,(H,22,26)/t14-/m1/s1. The summed E-state index contributed by atoms with van der Waals surface area (Å²) in [7, 11) is 0. The number of nitrogens with one attached hydrogen (secondary N) is 1. The highest BCUT2D eigenvalue weighted by molar-refractivity contribution is 5.94. The second-order valence-corrected chi connectivity index (χ2v) is 6.17. The van der Waals surface area contributed by atoms with E-state index in [0.717, 1.165) is 16.9 Å². The van der Waals surface area contributed by atoms with Gasteiger partial charge >= 0.3 is 0 Å². The molecule has 0 aliphatic heterocycles. The summed E-state index contributed by atoms with van der Waals surface area (Å²) in [6.45, 7) is 2.50. The SMILES string of the molecule is C[C@H](Cn1cncn1)NC(=O)c1ccc2nc(-c3ccccc3)cn2c1. The molecule has 130 valence electrons. The van der Waals surface area contributed by atoms with Gasteiger partial charge in [0.15, 0.2) is 0 Å². The summed E-state index contributed by atoms with van der Waals surface area (Å²) in [6, 6.07) is 13.5. The van der Waals surface area contributed by atoms with Crippen molar-refractivity contribution >= 4 is 11.6 Å². The van der Waals surface area contributed by atoms with Crippen molar-refractivity contribution < 1.29 is 4.79 Å². The molecule has 1 aromatic carbocycles. The van der Waals surface area contributed by atoms with Crippen LogP contribution in [0.3, 0.4) is 0 Å². The Bertz CT molecular complexity index is 1020. The van der Waals surface area contributed by atoms with Crippen molar-refractivity contribution in [3.8, 4) is 11.3 Å². The molecule has 0 fully saturated rings. The van der Waals surface area contributed by atoms with Crippen LogP contribution >= 0.6 is 0 Å². The zero-order chi connectivity index (χ0) is 17.9. The molecule has 26 heavy (non-hydrogen) atoms. The third-order valence-electron chi connectivity index (χ3n) is 4.09. The third-order valence-corrected chi connectivity index (χ3v) is 4.09. The number of carbonyl (C=O) groups excluding carboxylic acids is 1. The van der Waals surface area contributed by atoms with Gasteiger partial charge in [-0.05, 0) is 19.1 Å². The van der Waals surface area contributed by atoms with Crippen LogP contribution in [0.2, 0.25) is 0 Å². The molecule has 4 aromatic rings. The molecule has 0 spiro atoms. The lowest BCUT2D eigenvalue weighted by Crippen LogP contribution is -2.35. The summed E-state index contributed by atoms with van der Waals surface area (Å²) in [6.07, 6.45) is 6.84. The smallest absolute Gasteiger partial charge is 0.253 e. The molecule has 0 aliphatic rings. The average molecular weight is 346 g/mol. The fourth-order valence-corrected chi connectivity index (χ4v) is 2.83. The fraction of sp³-hybridized carbons (Fsp3) is 0.158. The number of pyridine rings is 1. The summed E-state index contributed by atoms with van der Waals surface area (Å²) in [4.78, 5) is 21.0. The van der Waals surface area contributed by atoms with Gasteiger partial charge in [-0.2, -0.15) is 5.10 Å². The van der Waals surface area contributed by atoms with Gasteiger partial charge in [-0.1, -0.05) is 30.3 Å². The predicted octanol–water partition coefficient (Wildman–Crippen LogP) is 2.41. The molecule has 1 atom stereocenters. The number of fused-ring (bicyclic) bond motifs is 1. The second-order valence-electron chi connectivity index (χ2n) is 6.17. The Morgan fingerprint density at radius 3 is 2.77 bits per heavy atom. The topological polar surface area (TPSA) is 77.1 Å². The summed E-state index contributed by atoms with van der Waals surface area (Å²) in [5, 5.41) is 7.03. The molecule has 3 aromatic heterocycles. The fourth-order valence-electron chi connectivity index (χ4n) is 2.83. The van der Waals surface area contributed by atoms with Gasteiger partial charge in [0.25, 0.3) is 5.91 Å². The second kappa shape index (κ2) is 6.79. The highest BCUT2D eigenvalue weighted by Gasteiger charge is 2.12. The van der Waals surface area contributed by atoms with Gasteiger partial charge in [0.1, 0.15) is 18.3 Å². The van der Waals surface area contributed by atoms with E-state index in [1.54, 1.807) is 23.3 Å². The lowest BCUT2D eigenvalue weighted by Gasteiger charge is -2.13. The Morgan fingerprint density at radius 2 is 2.00 bits per heavy atom. The first-order valence-electron chi connectivity index (χ1n) is 8.36. The van der Waals surface area contributed by atoms with Crippen molar-refractivity contribution in [3.63, 3.8) is 0 Å². The molecule has 0 radical (unpaired) electrons. The van der Waals surface area contributed by atoms with Gasteiger partial charge < -0.3 is 9.72 Å². The van der Waals surface area contributed by atoms with Crippen LogP contribution in [0.4, 0.5) is 0 Å². The molecule has 0 saturated heterocycles. The van der Waals surface area contributed by atoms with Gasteiger partial charge in [-0.25, -0.2) is 9.97 Å². The van der Waals surface area contributed by atoms with E-state index in [2.05, 4.69) is 20.4 Å². The molecule has 0 bridgehead atoms. The number of hydrogen-bond acceptors (Lipinski definition) is 4. The highest BCUT2D eigenvalue weighted by atomic mass is 16.1. The Hall–Kier alpha value is -3.48. The van der Waals surface area contributed by atoms with E-state index in [-0.39, 0.29) is 11.9 Å². The van der Waals surface area contributed by atoms with E-state index in [4.69, 9.17) is 0 Å². The van der Waals surface area contributed by atoms with Crippen molar-refractivity contribution in [3.05, 3.63) is 73.1 Å². The Labute approximate surface area is 150 Å². The monoisotopic (exact) mass is 346 g/mol. The molecule has 0 aliphatic carbocycles. The minimum atomic E-state index is -0.130. The number of carbonyl (C=O) groups is 1.